The van der Waals surface area contributed by atoms with Gasteiger partial charge >= 0.3 is 5.97 Å². The molecule has 0 aliphatic heterocycles. The lowest BCUT2D eigenvalue weighted by Crippen LogP contribution is -2.03. The van der Waals surface area contributed by atoms with Crippen molar-refractivity contribution in [1.82, 2.24) is 9.78 Å². The number of hydrogen-bond acceptors (Lipinski definition) is 7. The third kappa shape index (κ3) is 3.16. The summed E-state index contributed by atoms with van der Waals surface area (Å²) in [6.45, 7) is 2.09. The van der Waals surface area contributed by atoms with Gasteiger partial charge in [0.25, 0.3) is 0 Å². The number of carbonyl (C=O) groups is 1. The Hall–Kier alpha value is -2.90. The van der Waals surface area contributed by atoms with E-state index in [0.717, 1.165) is 0 Å². The number of anilines is 2. The summed E-state index contributed by atoms with van der Waals surface area (Å²) >= 11 is 0. The van der Waals surface area contributed by atoms with E-state index < -0.39 is 0 Å². The summed E-state index contributed by atoms with van der Waals surface area (Å²) in [5.41, 5.74) is 12.8. The number of aromatic nitrogens is 2. The largest absolute Gasteiger partial charge is 0.462 e. The molecule has 0 fully saturated rings. The zero-order chi connectivity index (χ0) is 15.4. The fourth-order valence-corrected chi connectivity index (χ4v) is 1.64. The molecule has 2 rings (SSSR count). The Bertz CT molecular complexity index is 675. The fraction of sp³-hybridized carbons (Fsp3) is 0.231. The molecule has 0 aliphatic carbocycles. The average Bonchev–Trinajstić information content (AvgIpc) is 2.71. The van der Waals surface area contributed by atoms with Crippen molar-refractivity contribution < 1.29 is 9.53 Å². The predicted molar refractivity (Wildman–Crippen MR) is 78.6 cm³/mol. The van der Waals surface area contributed by atoms with E-state index in [1.54, 1.807) is 38.2 Å². The molecule has 0 unspecified atom stereocenters. The molecule has 0 saturated carbocycles. The molecular formula is C13H16N6O2. The number of rotatable bonds is 4. The second kappa shape index (κ2) is 6.04. The van der Waals surface area contributed by atoms with Crippen molar-refractivity contribution in [3.63, 3.8) is 0 Å². The monoisotopic (exact) mass is 288 g/mol. The smallest absolute Gasteiger partial charge is 0.338 e. The van der Waals surface area contributed by atoms with Crippen LogP contribution in [-0.4, -0.2) is 22.4 Å². The van der Waals surface area contributed by atoms with E-state index in [0.29, 0.717) is 29.4 Å². The van der Waals surface area contributed by atoms with Crippen LogP contribution in [0.25, 0.3) is 0 Å². The Labute approximate surface area is 121 Å². The lowest BCUT2D eigenvalue weighted by molar-refractivity contribution is 0.0526. The van der Waals surface area contributed by atoms with Gasteiger partial charge in [0, 0.05) is 7.05 Å². The third-order valence-corrected chi connectivity index (χ3v) is 2.74. The number of nitrogen functional groups attached to an aromatic ring is 2. The van der Waals surface area contributed by atoms with E-state index in [1.807, 2.05) is 0 Å². The van der Waals surface area contributed by atoms with E-state index in [-0.39, 0.29) is 11.8 Å². The topological polar surface area (TPSA) is 121 Å². The Morgan fingerprint density at radius 1 is 1.29 bits per heavy atom. The van der Waals surface area contributed by atoms with Crippen LogP contribution in [0.5, 0.6) is 0 Å². The maximum atomic E-state index is 11.5. The van der Waals surface area contributed by atoms with E-state index in [2.05, 4.69) is 15.3 Å². The van der Waals surface area contributed by atoms with Gasteiger partial charge in [-0.25, -0.2) is 9.48 Å². The molecule has 0 amide bonds. The number of azo groups is 1. The molecule has 0 aliphatic rings. The second-order valence-electron chi connectivity index (χ2n) is 4.21. The summed E-state index contributed by atoms with van der Waals surface area (Å²) < 4.78 is 6.32. The predicted octanol–water partition coefficient (Wildman–Crippen LogP) is 2.18. The van der Waals surface area contributed by atoms with Gasteiger partial charge in [0.05, 0.1) is 17.9 Å². The van der Waals surface area contributed by atoms with Crippen LogP contribution in [0, 0.1) is 0 Å². The molecule has 2 aromatic rings. The molecule has 1 aromatic heterocycles. The molecule has 0 spiro atoms. The number of benzene rings is 1. The number of aryl methyl sites for hydroxylation is 1. The molecular weight excluding hydrogens is 272 g/mol. The maximum absolute atomic E-state index is 11.5. The number of nitrogens with zero attached hydrogens (tertiary/aromatic N) is 4. The Kier molecular flexibility index (Phi) is 4.17. The standard InChI is InChI=1S/C13H16N6O2/c1-3-21-13(20)8-4-6-9(7-5-8)16-17-10-11(14)18-19(2)12(10)15/h4-7H,3,15H2,1-2H3,(H2,14,18). The summed E-state index contributed by atoms with van der Waals surface area (Å²) in [5.74, 6) is 0.169. The summed E-state index contributed by atoms with van der Waals surface area (Å²) in [7, 11) is 1.67. The van der Waals surface area contributed by atoms with Crippen LogP contribution in [0.3, 0.4) is 0 Å². The van der Waals surface area contributed by atoms with Gasteiger partial charge in [-0.1, -0.05) is 0 Å². The van der Waals surface area contributed by atoms with Gasteiger partial charge in [0.15, 0.2) is 17.3 Å². The fourth-order valence-electron chi connectivity index (χ4n) is 1.64. The van der Waals surface area contributed by atoms with E-state index in [1.165, 1.54) is 4.68 Å². The molecule has 0 radical (unpaired) electrons. The minimum atomic E-state index is -0.373. The molecule has 8 heteroatoms. The Balaban J connectivity index is 2.16. The van der Waals surface area contributed by atoms with Crippen molar-refractivity contribution >= 4 is 29.0 Å². The molecule has 0 atom stereocenters. The molecule has 1 heterocycles. The second-order valence-corrected chi connectivity index (χ2v) is 4.21. The highest BCUT2D eigenvalue weighted by atomic mass is 16.5. The van der Waals surface area contributed by atoms with Crippen LogP contribution >= 0.6 is 0 Å². The van der Waals surface area contributed by atoms with Crippen LogP contribution < -0.4 is 11.5 Å². The summed E-state index contributed by atoms with van der Waals surface area (Å²) in [5, 5.41) is 11.9. The van der Waals surface area contributed by atoms with Gasteiger partial charge in [-0.3, -0.25) is 0 Å². The zero-order valence-electron chi connectivity index (χ0n) is 11.8. The highest BCUT2D eigenvalue weighted by molar-refractivity contribution is 5.89. The summed E-state index contributed by atoms with van der Waals surface area (Å²) in [6, 6.07) is 6.53. The maximum Gasteiger partial charge on any atom is 0.338 e. The van der Waals surface area contributed by atoms with Gasteiger partial charge in [-0.05, 0) is 31.2 Å². The first-order valence-electron chi connectivity index (χ1n) is 6.29. The molecule has 1 aromatic carbocycles. The average molecular weight is 288 g/mol. The van der Waals surface area contributed by atoms with Gasteiger partial charge in [-0.15, -0.1) is 5.11 Å². The lowest BCUT2D eigenvalue weighted by Gasteiger charge is -2.01. The van der Waals surface area contributed by atoms with Crippen molar-refractivity contribution in [3.05, 3.63) is 29.8 Å². The van der Waals surface area contributed by atoms with Gasteiger partial charge in [0.1, 0.15) is 0 Å². The Morgan fingerprint density at radius 2 is 1.95 bits per heavy atom. The lowest BCUT2D eigenvalue weighted by atomic mass is 10.2. The number of carbonyl (C=O) groups excluding carboxylic acids is 1. The highest BCUT2D eigenvalue weighted by Crippen LogP contribution is 2.29. The molecule has 0 bridgehead atoms. The van der Waals surface area contributed by atoms with Crippen LogP contribution in [0.15, 0.2) is 34.5 Å². The number of ether oxygens (including phenoxy) is 1. The quantitative estimate of drug-likeness (QED) is 0.659. The molecule has 21 heavy (non-hydrogen) atoms. The Morgan fingerprint density at radius 3 is 2.48 bits per heavy atom. The van der Waals surface area contributed by atoms with Crippen molar-refractivity contribution in [2.45, 2.75) is 6.92 Å². The van der Waals surface area contributed by atoms with E-state index in [9.17, 15) is 4.79 Å². The third-order valence-electron chi connectivity index (χ3n) is 2.74. The van der Waals surface area contributed by atoms with Crippen molar-refractivity contribution in [3.8, 4) is 0 Å². The van der Waals surface area contributed by atoms with Crippen molar-refractivity contribution in [2.24, 2.45) is 17.3 Å². The van der Waals surface area contributed by atoms with Gasteiger partial charge in [-0.2, -0.15) is 10.2 Å². The zero-order valence-corrected chi connectivity index (χ0v) is 11.8. The van der Waals surface area contributed by atoms with Crippen LogP contribution in [-0.2, 0) is 11.8 Å². The van der Waals surface area contributed by atoms with Gasteiger partial charge < -0.3 is 16.2 Å². The number of esters is 1. The van der Waals surface area contributed by atoms with Crippen LogP contribution in [0.4, 0.5) is 23.0 Å². The molecule has 4 N–H and O–H groups in total. The molecule has 110 valence electrons. The molecule has 0 saturated heterocycles. The van der Waals surface area contributed by atoms with E-state index in [4.69, 9.17) is 16.2 Å². The minimum Gasteiger partial charge on any atom is -0.462 e. The first kappa shape index (κ1) is 14.5. The van der Waals surface area contributed by atoms with Crippen molar-refractivity contribution in [2.75, 3.05) is 18.1 Å². The van der Waals surface area contributed by atoms with E-state index >= 15 is 0 Å². The summed E-state index contributed by atoms with van der Waals surface area (Å²) in [6.07, 6.45) is 0. The highest BCUT2D eigenvalue weighted by Gasteiger charge is 2.10. The minimum absolute atomic E-state index is 0.210. The normalized spacial score (nSPS) is 11.0. The molecule has 8 nitrogen and oxygen atoms in total. The first-order chi connectivity index (χ1) is 10.0. The number of nitrogens with two attached hydrogens (primary N) is 2. The number of hydrogen-bond donors (Lipinski definition) is 2. The SMILES string of the molecule is CCOC(=O)c1ccc(N=Nc2c(N)nn(C)c2N)cc1. The van der Waals surface area contributed by atoms with Gasteiger partial charge in [0.2, 0.25) is 0 Å². The summed E-state index contributed by atoms with van der Waals surface area (Å²) in [4.78, 5) is 11.5. The first-order valence-corrected chi connectivity index (χ1v) is 6.29. The van der Waals surface area contributed by atoms with Crippen molar-refractivity contribution in [1.29, 1.82) is 0 Å². The van der Waals surface area contributed by atoms with Crippen LogP contribution in [0.2, 0.25) is 0 Å². The van der Waals surface area contributed by atoms with Crippen LogP contribution in [0.1, 0.15) is 17.3 Å².